The summed E-state index contributed by atoms with van der Waals surface area (Å²) >= 11 is 0. The summed E-state index contributed by atoms with van der Waals surface area (Å²) in [6, 6.07) is -0.822. The minimum atomic E-state index is -1.11. The lowest BCUT2D eigenvalue weighted by atomic mass is 10.0. The summed E-state index contributed by atoms with van der Waals surface area (Å²) in [5.41, 5.74) is 0. The van der Waals surface area contributed by atoms with Crippen LogP contribution in [0, 0.1) is 0 Å². The first-order valence-electron chi connectivity index (χ1n) is 24.1. The lowest BCUT2D eigenvalue weighted by molar-refractivity contribution is -0.131. The van der Waals surface area contributed by atoms with Crippen LogP contribution in [0.4, 0.5) is 0 Å². The Balaban J connectivity index is 3.59. The molecule has 0 bridgehead atoms. The van der Waals surface area contributed by atoms with E-state index in [2.05, 4.69) is 67.8 Å². The van der Waals surface area contributed by atoms with Gasteiger partial charge in [-0.25, -0.2) is 0 Å². The van der Waals surface area contributed by atoms with Crippen LogP contribution in [0.5, 0.6) is 0 Å². The molecule has 0 aromatic heterocycles. The van der Waals surface area contributed by atoms with Crippen LogP contribution in [0.1, 0.15) is 232 Å². The number of hydrogen-bond donors (Lipinski definition) is 4. The summed E-state index contributed by atoms with van der Waals surface area (Å²) < 4.78 is 0. The van der Waals surface area contributed by atoms with Crippen LogP contribution < -0.4 is 5.32 Å². The number of allylic oxidation sites excluding steroid dienone is 9. The highest BCUT2D eigenvalue weighted by Crippen LogP contribution is 2.15. The molecule has 0 aliphatic heterocycles. The number of hydrogen-bond acceptors (Lipinski definition) is 4. The first-order valence-corrected chi connectivity index (χ1v) is 24.1. The molecule has 0 fully saturated rings. The van der Waals surface area contributed by atoms with Crippen LogP contribution in [-0.2, 0) is 4.79 Å². The second-order valence-electron chi connectivity index (χ2n) is 16.3. The third kappa shape index (κ3) is 40.3. The quantitative estimate of drug-likeness (QED) is 0.0366. The molecule has 0 aliphatic carbocycles. The molecule has 0 aliphatic rings. The average Bonchev–Trinajstić information content (AvgIpc) is 3.20. The van der Waals surface area contributed by atoms with E-state index in [-0.39, 0.29) is 6.61 Å². The zero-order valence-electron chi connectivity index (χ0n) is 37.0. The van der Waals surface area contributed by atoms with Gasteiger partial charge in [0.1, 0.15) is 6.10 Å². The second kappa shape index (κ2) is 45.7. The summed E-state index contributed by atoms with van der Waals surface area (Å²) in [6.45, 7) is 4.11. The van der Waals surface area contributed by atoms with Gasteiger partial charge in [-0.3, -0.25) is 4.79 Å². The smallest absolute Gasteiger partial charge is 0.249 e. The number of amides is 1. The Morgan fingerprint density at radius 2 is 0.804 bits per heavy atom. The molecule has 0 saturated carbocycles. The van der Waals surface area contributed by atoms with Gasteiger partial charge in [0.15, 0.2) is 0 Å². The normalized spacial score (nSPS) is 14.0. The maximum Gasteiger partial charge on any atom is 0.249 e. The van der Waals surface area contributed by atoms with E-state index in [4.69, 9.17) is 0 Å². The van der Waals surface area contributed by atoms with E-state index in [1.807, 2.05) is 6.08 Å². The molecule has 326 valence electrons. The molecule has 0 heterocycles. The minimum Gasteiger partial charge on any atom is -0.394 e. The van der Waals surface area contributed by atoms with Crippen molar-refractivity contribution in [3.05, 3.63) is 60.8 Å². The highest BCUT2D eigenvalue weighted by Gasteiger charge is 2.22. The van der Waals surface area contributed by atoms with E-state index < -0.39 is 24.2 Å². The van der Waals surface area contributed by atoms with Gasteiger partial charge in [-0.2, -0.15) is 0 Å². The van der Waals surface area contributed by atoms with Crippen molar-refractivity contribution < 1.29 is 20.1 Å². The summed E-state index contributed by atoms with van der Waals surface area (Å²) in [4.78, 5) is 12.5. The van der Waals surface area contributed by atoms with Crippen molar-refractivity contribution in [2.75, 3.05) is 6.61 Å². The molecular formula is C51H93NO4. The Morgan fingerprint density at radius 3 is 1.25 bits per heavy atom. The zero-order chi connectivity index (χ0) is 40.8. The average molecular weight is 784 g/mol. The van der Waals surface area contributed by atoms with E-state index in [0.717, 1.165) is 51.4 Å². The van der Waals surface area contributed by atoms with Gasteiger partial charge >= 0.3 is 0 Å². The molecular weight excluding hydrogens is 691 g/mol. The van der Waals surface area contributed by atoms with Crippen molar-refractivity contribution in [1.29, 1.82) is 0 Å². The SMILES string of the molecule is CCCC/C=C/CC/C=C/CC/C=C/C(O)C(CO)NC(=O)C(O)CCCCCCCCCCCCCCCC/C=C\C/C=C\CCCCCCCCCCC. The molecule has 0 saturated heterocycles. The third-order valence-electron chi connectivity index (χ3n) is 10.8. The highest BCUT2D eigenvalue weighted by molar-refractivity contribution is 5.80. The van der Waals surface area contributed by atoms with Crippen LogP contribution in [0.3, 0.4) is 0 Å². The van der Waals surface area contributed by atoms with Gasteiger partial charge in [-0.15, -0.1) is 0 Å². The molecule has 4 N–H and O–H groups in total. The van der Waals surface area contributed by atoms with E-state index >= 15 is 0 Å². The van der Waals surface area contributed by atoms with E-state index in [1.165, 1.54) is 161 Å². The predicted octanol–water partition coefficient (Wildman–Crippen LogP) is 14.3. The van der Waals surface area contributed by atoms with Crippen LogP contribution in [0.25, 0.3) is 0 Å². The lowest BCUT2D eigenvalue weighted by Gasteiger charge is -2.21. The van der Waals surface area contributed by atoms with Crippen molar-refractivity contribution in [3.8, 4) is 0 Å². The molecule has 0 radical (unpaired) electrons. The van der Waals surface area contributed by atoms with Gasteiger partial charge in [0.2, 0.25) is 5.91 Å². The largest absolute Gasteiger partial charge is 0.394 e. The maximum absolute atomic E-state index is 12.5. The molecule has 56 heavy (non-hydrogen) atoms. The summed E-state index contributed by atoms with van der Waals surface area (Å²) in [5, 5.41) is 33.1. The lowest BCUT2D eigenvalue weighted by Crippen LogP contribution is -2.48. The number of rotatable bonds is 43. The molecule has 1 amide bonds. The Morgan fingerprint density at radius 1 is 0.446 bits per heavy atom. The van der Waals surface area contributed by atoms with E-state index in [9.17, 15) is 20.1 Å². The molecule has 3 atom stereocenters. The van der Waals surface area contributed by atoms with Gasteiger partial charge in [0.25, 0.3) is 0 Å². The number of aliphatic hydroxyl groups is 3. The first kappa shape index (κ1) is 54.0. The predicted molar refractivity (Wildman–Crippen MR) is 245 cm³/mol. The van der Waals surface area contributed by atoms with E-state index in [1.54, 1.807) is 6.08 Å². The van der Waals surface area contributed by atoms with Crippen molar-refractivity contribution in [3.63, 3.8) is 0 Å². The van der Waals surface area contributed by atoms with Gasteiger partial charge in [-0.1, -0.05) is 222 Å². The summed E-state index contributed by atoms with van der Waals surface area (Å²) in [5.74, 6) is -0.520. The fraction of sp³-hybridized carbons (Fsp3) is 0.784. The topological polar surface area (TPSA) is 89.8 Å². The number of carbonyl (C=O) groups is 1. The molecule has 3 unspecified atom stereocenters. The number of aliphatic hydroxyl groups excluding tert-OH is 3. The fourth-order valence-electron chi connectivity index (χ4n) is 7.00. The number of carbonyl (C=O) groups excluding carboxylic acids is 1. The standard InChI is InChI=1S/C51H93NO4/c1-3-5-7-9-11-13-15-17-18-19-20-21-22-23-24-25-26-27-28-29-30-31-32-33-34-36-38-40-42-44-46-50(55)51(56)52-48(47-53)49(54)45-43-41-39-37-35-16-14-12-10-8-6-4-2/h10,12,20-21,23-24,35,37,43,45,48-50,53-55H,3-9,11,13-19,22,25-34,36,38-42,44,46-47H2,1-2H3,(H,52,56)/b12-10+,21-20-,24-23-,37-35+,45-43+. The summed E-state index contributed by atoms with van der Waals surface area (Å²) in [7, 11) is 0. The van der Waals surface area contributed by atoms with Crippen LogP contribution >= 0.6 is 0 Å². The minimum absolute atomic E-state index is 0.383. The van der Waals surface area contributed by atoms with Crippen LogP contribution in [0.2, 0.25) is 0 Å². The number of nitrogens with one attached hydrogen (secondary N) is 1. The highest BCUT2D eigenvalue weighted by atomic mass is 16.3. The third-order valence-corrected chi connectivity index (χ3v) is 10.8. The van der Waals surface area contributed by atoms with Gasteiger partial charge in [0.05, 0.1) is 18.8 Å². The Kier molecular flexibility index (Phi) is 44.2. The van der Waals surface area contributed by atoms with Crippen molar-refractivity contribution >= 4 is 5.91 Å². The summed E-state index contributed by atoms with van der Waals surface area (Å²) in [6.07, 6.45) is 61.4. The number of unbranched alkanes of at least 4 members (excludes halogenated alkanes) is 27. The van der Waals surface area contributed by atoms with Crippen LogP contribution in [-0.4, -0.2) is 46.1 Å². The Hall–Kier alpha value is -1.95. The van der Waals surface area contributed by atoms with Gasteiger partial charge in [-0.05, 0) is 70.6 Å². The van der Waals surface area contributed by atoms with Crippen molar-refractivity contribution in [1.82, 2.24) is 5.32 Å². The Labute approximate surface area is 348 Å². The Bertz CT molecular complexity index is 954. The molecule has 0 aromatic carbocycles. The van der Waals surface area contributed by atoms with Gasteiger partial charge in [0, 0.05) is 0 Å². The first-order chi connectivity index (χ1) is 27.6. The molecule has 5 heteroatoms. The molecule has 0 aromatic rings. The van der Waals surface area contributed by atoms with Gasteiger partial charge < -0.3 is 20.6 Å². The molecule has 5 nitrogen and oxygen atoms in total. The zero-order valence-corrected chi connectivity index (χ0v) is 37.0. The molecule has 0 spiro atoms. The second-order valence-corrected chi connectivity index (χ2v) is 16.3. The fourth-order valence-corrected chi connectivity index (χ4v) is 7.00. The van der Waals surface area contributed by atoms with Crippen molar-refractivity contribution in [2.45, 2.75) is 250 Å². The monoisotopic (exact) mass is 784 g/mol. The molecule has 0 rings (SSSR count). The van der Waals surface area contributed by atoms with Crippen molar-refractivity contribution in [2.24, 2.45) is 0 Å². The maximum atomic E-state index is 12.5. The van der Waals surface area contributed by atoms with E-state index in [0.29, 0.717) is 6.42 Å². The van der Waals surface area contributed by atoms with Crippen LogP contribution in [0.15, 0.2) is 60.8 Å².